The van der Waals surface area contributed by atoms with E-state index in [0.717, 1.165) is 11.1 Å². The van der Waals surface area contributed by atoms with Crippen LogP contribution >= 0.6 is 22.6 Å². The monoisotopic (exact) mass is 384 g/mol. The summed E-state index contributed by atoms with van der Waals surface area (Å²) in [4.78, 5) is 19.4. The minimum Gasteiger partial charge on any atom is -0.378 e. The lowest BCUT2D eigenvalue weighted by molar-refractivity contribution is 0.180. The molecule has 0 unspecified atom stereocenters. The lowest BCUT2D eigenvalue weighted by Crippen LogP contribution is -2.17. The number of methoxy groups -OCH3 is 1. The van der Waals surface area contributed by atoms with Gasteiger partial charge in [-0.25, -0.2) is 4.98 Å². The van der Waals surface area contributed by atoms with E-state index >= 15 is 0 Å². The Labute approximate surface area is 131 Å². The maximum Gasteiger partial charge on any atom is 0.264 e. The fraction of sp³-hybridized carbons (Fsp3) is 0.333. The van der Waals surface area contributed by atoms with Crippen molar-refractivity contribution in [3.05, 3.63) is 48.4 Å². The van der Waals surface area contributed by atoms with Crippen molar-refractivity contribution in [2.24, 2.45) is 0 Å². The zero-order valence-electron chi connectivity index (χ0n) is 12.0. The maximum atomic E-state index is 12.0. The largest absolute Gasteiger partial charge is 0.378 e. The van der Waals surface area contributed by atoms with Gasteiger partial charge in [-0.15, -0.1) is 0 Å². The lowest BCUT2D eigenvalue weighted by atomic mass is 10.0. The topological polar surface area (TPSA) is 55.0 Å². The SMILES string of the molecule is COCc1nc(-c2cc(C)c(C)cc2C)[nH]c(=O)c1I. The number of halogens is 1. The highest BCUT2D eigenvalue weighted by atomic mass is 127. The third kappa shape index (κ3) is 2.93. The summed E-state index contributed by atoms with van der Waals surface area (Å²) >= 11 is 2.00. The molecule has 0 saturated heterocycles. The Balaban J connectivity index is 2.64. The molecule has 0 bridgehead atoms. The Bertz CT molecular complexity index is 708. The molecule has 20 heavy (non-hydrogen) atoms. The quantitative estimate of drug-likeness (QED) is 0.828. The molecule has 0 atom stereocenters. The summed E-state index contributed by atoms with van der Waals surface area (Å²) in [6.45, 7) is 6.49. The summed E-state index contributed by atoms with van der Waals surface area (Å²) in [6, 6.07) is 4.17. The minimum absolute atomic E-state index is 0.125. The molecule has 1 heterocycles. The Kier molecular flexibility index (Phi) is 4.59. The number of nitrogens with zero attached hydrogens (tertiary/aromatic N) is 1. The number of rotatable bonds is 3. The van der Waals surface area contributed by atoms with Crippen molar-refractivity contribution >= 4 is 22.6 Å². The lowest BCUT2D eigenvalue weighted by Gasteiger charge is -2.11. The van der Waals surface area contributed by atoms with Crippen LogP contribution in [0.1, 0.15) is 22.4 Å². The molecule has 0 aliphatic heterocycles. The molecular weight excluding hydrogens is 367 g/mol. The van der Waals surface area contributed by atoms with Gasteiger partial charge < -0.3 is 9.72 Å². The molecule has 0 aliphatic rings. The summed E-state index contributed by atoms with van der Waals surface area (Å²) in [7, 11) is 1.60. The summed E-state index contributed by atoms with van der Waals surface area (Å²) in [6.07, 6.45) is 0. The number of aryl methyl sites for hydroxylation is 3. The smallest absolute Gasteiger partial charge is 0.264 e. The molecule has 0 saturated carbocycles. The van der Waals surface area contributed by atoms with E-state index in [0.29, 0.717) is 21.7 Å². The van der Waals surface area contributed by atoms with Crippen molar-refractivity contribution in [1.29, 1.82) is 0 Å². The molecule has 1 N–H and O–H groups in total. The third-order valence-electron chi connectivity index (χ3n) is 3.31. The first-order valence-electron chi connectivity index (χ1n) is 6.30. The van der Waals surface area contributed by atoms with Gasteiger partial charge >= 0.3 is 0 Å². The van der Waals surface area contributed by atoms with Gasteiger partial charge in [-0.1, -0.05) is 6.07 Å². The van der Waals surface area contributed by atoms with Gasteiger partial charge in [0.1, 0.15) is 9.39 Å². The highest BCUT2D eigenvalue weighted by Gasteiger charge is 2.12. The van der Waals surface area contributed by atoms with Crippen LogP contribution < -0.4 is 5.56 Å². The summed E-state index contributed by atoms with van der Waals surface area (Å²) < 4.78 is 5.69. The summed E-state index contributed by atoms with van der Waals surface area (Å²) in [5.41, 5.74) is 5.01. The van der Waals surface area contributed by atoms with Crippen LogP contribution in [0.25, 0.3) is 11.4 Å². The van der Waals surface area contributed by atoms with Crippen LogP contribution in [0.3, 0.4) is 0 Å². The number of H-pyrrole nitrogens is 1. The minimum atomic E-state index is -0.125. The number of hydrogen-bond acceptors (Lipinski definition) is 3. The highest BCUT2D eigenvalue weighted by molar-refractivity contribution is 14.1. The average molecular weight is 384 g/mol. The second-order valence-electron chi connectivity index (χ2n) is 4.86. The van der Waals surface area contributed by atoms with E-state index < -0.39 is 0 Å². The first-order valence-corrected chi connectivity index (χ1v) is 7.37. The van der Waals surface area contributed by atoms with Crippen LogP contribution in [0.2, 0.25) is 0 Å². The normalized spacial score (nSPS) is 10.8. The van der Waals surface area contributed by atoms with Gasteiger partial charge in [0, 0.05) is 12.7 Å². The predicted molar refractivity (Wildman–Crippen MR) is 87.9 cm³/mol. The zero-order chi connectivity index (χ0) is 14.9. The number of nitrogens with one attached hydrogen (secondary N) is 1. The summed E-state index contributed by atoms with van der Waals surface area (Å²) in [5.74, 6) is 0.600. The van der Waals surface area contributed by atoms with E-state index in [1.54, 1.807) is 7.11 Å². The molecule has 5 heteroatoms. The Morgan fingerprint density at radius 2 is 1.85 bits per heavy atom. The first kappa shape index (κ1) is 15.2. The second kappa shape index (κ2) is 6.05. The highest BCUT2D eigenvalue weighted by Crippen LogP contribution is 2.23. The van der Waals surface area contributed by atoms with Crippen molar-refractivity contribution in [3.8, 4) is 11.4 Å². The van der Waals surface area contributed by atoms with E-state index in [9.17, 15) is 4.79 Å². The van der Waals surface area contributed by atoms with E-state index in [1.807, 2.05) is 29.5 Å². The van der Waals surface area contributed by atoms with Gasteiger partial charge in [0.05, 0.1) is 12.3 Å². The number of ether oxygens (including phenoxy) is 1. The van der Waals surface area contributed by atoms with Gasteiger partial charge in [-0.2, -0.15) is 0 Å². The molecule has 2 aromatic rings. The molecule has 0 amide bonds. The molecule has 0 radical (unpaired) electrons. The van der Waals surface area contributed by atoms with Crippen LogP contribution in [0.15, 0.2) is 16.9 Å². The molecule has 1 aromatic carbocycles. The van der Waals surface area contributed by atoms with E-state index in [1.165, 1.54) is 11.1 Å². The molecule has 0 aliphatic carbocycles. The third-order valence-corrected chi connectivity index (χ3v) is 4.42. The van der Waals surface area contributed by atoms with Crippen molar-refractivity contribution in [2.75, 3.05) is 7.11 Å². The molecule has 0 fully saturated rings. The van der Waals surface area contributed by atoms with Crippen LogP contribution in [-0.2, 0) is 11.3 Å². The first-order chi connectivity index (χ1) is 9.43. The number of aromatic nitrogens is 2. The molecular formula is C15H17IN2O2. The average Bonchev–Trinajstić information content (AvgIpc) is 2.39. The zero-order valence-corrected chi connectivity index (χ0v) is 14.2. The van der Waals surface area contributed by atoms with Gasteiger partial charge in [0.2, 0.25) is 0 Å². The number of aromatic amines is 1. The van der Waals surface area contributed by atoms with Crippen LogP contribution in [0.5, 0.6) is 0 Å². The standard InChI is InChI=1S/C15H17IN2O2/c1-8-5-10(3)11(6-9(8)2)14-17-12(7-20-4)13(16)15(19)18-14/h5-6H,7H2,1-4H3,(H,17,18,19). The van der Waals surface area contributed by atoms with E-state index in [4.69, 9.17) is 4.74 Å². The van der Waals surface area contributed by atoms with E-state index in [2.05, 4.69) is 35.9 Å². The van der Waals surface area contributed by atoms with Crippen LogP contribution in [0, 0.1) is 24.3 Å². The van der Waals surface area contributed by atoms with Crippen LogP contribution in [-0.4, -0.2) is 17.1 Å². The number of benzene rings is 1. The van der Waals surface area contributed by atoms with Crippen molar-refractivity contribution in [2.45, 2.75) is 27.4 Å². The van der Waals surface area contributed by atoms with Crippen molar-refractivity contribution in [1.82, 2.24) is 9.97 Å². The van der Waals surface area contributed by atoms with Gasteiger partial charge in [0.25, 0.3) is 5.56 Å². The van der Waals surface area contributed by atoms with Gasteiger partial charge in [-0.05, 0) is 66.1 Å². The molecule has 2 rings (SSSR count). The van der Waals surface area contributed by atoms with Gasteiger partial charge in [0.15, 0.2) is 0 Å². The molecule has 4 nitrogen and oxygen atoms in total. The predicted octanol–water partition coefficient (Wildman–Crippen LogP) is 3.11. The van der Waals surface area contributed by atoms with E-state index in [-0.39, 0.29) is 5.56 Å². The maximum absolute atomic E-state index is 12.0. The Hall–Kier alpha value is -1.21. The molecule has 0 spiro atoms. The number of hydrogen-bond donors (Lipinski definition) is 1. The second-order valence-corrected chi connectivity index (χ2v) is 5.94. The fourth-order valence-electron chi connectivity index (χ4n) is 2.08. The summed E-state index contributed by atoms with van der Waals surface area (Å²) in [5, 5.41) is 0. The Morgan fingerprint density at radius 3 is 2.50 bits per heavy atom. The molecule has 106 valence electrons. The van der Waals surface area contributed by atoms with Crippen molar-refractivity contribution < 1.29 is 4.74 Å². The van der Waals surface area contributed by atoms with Crippen LogP contribution in [0.4, 0.5) is 0 Å². The Morgan fingerprint density at radius 1 is 1.20 bits per heavy atom. The van der Waals surface area contributed by atoms with Gasteiger partial charge in [-0.3, -0.25) is 4.79 Å². The van der Waals surface area contributed by atoms with Crippen molar-refractivity contribution in [3.63, 3.8) is 0 Å². The fourth-order valence-corrected chi connectivity index (χ4v) is 2.49. The molecule has 1 aromatic heterocycles.